The summed E-state index contributed by atoms with van der Waals surface area (Å²) in [7, 11) is -5.69. The van der Waals surface area contributed by atoms with Crippen molar-refractivity contribution in [3.8, 4) is 0 Å². The number of Topliss-reactive ketones (excluding diaryl/α,β-unsaturated/α-hetero) is 3. The van der Waals surface area contributed by atoms with Crippen molar-refractivity contribution in [3.63, 3.8) is 0 Å². The van der Waals surface area contributed by atoms with Gasteiger partial charge in [0.25, 0.3) is 0 Å². The maximum absolute atomic E-state index is 10.9. The molecule has 58 heavy (non-hydrogen) atoms. The standard InChI is InChI=1S/2C8H14N4O.C6H12O.C5H10N4.C5H13O2P.C5H12O2S/c1-6(13)5-12-7(8(2,3)4)9-10-11-12;1-6(13)5-12-10-7(9-11-12)8(2,3)4;1-5(7)6(2,3)4;1-5(2,3)4-6-8-9-7-4;2*1-5(2,3)8(4,6)7/h2*5H2,1-4H3;1-4H3;1-3H3,(H,6,7,8,9);1-4H3,(H,6,7);1-4H3. The first-order valence-electron chi connectivity index (χ1n) is 18.6. The first kappa shape index (κ1) is 58.7. The van der Waals surface area contributed by atoms with Crippen molar-refractivity contribution in [3.05, 3.63) is 17.5 Å². The zero-order valence-corrected chi connectivity index (χ0v) is 41.3. The molecular weight excluding hydrogens is 788 g/mol. The second-order valence-electron chi connectivity index (χ2n) is 19.9. The largest absolute Gasteiger partial charge is 0.344 e. The van der Waals surface area contributed by atoms with E-state index in [1.807, 2.05) is 83.1 Å². The molecule has 19 nitrogen and oxygen atoms in total. The van der Waals surface area contributed by atoms with Gasteiger partial charge in [-0.2, -0.15) is 10.0 Å². The number of nitrogens with zero attached hydrogens (tertiary/aromatic N) is 11. The molecule has 0 spiro atoms. The Morgan fingerprint density at radius 1 is 0.690 bits per heavy atom. The molecule has 3 aromatic rings. The van der Waals surface area contributed by atoms with Crippen molar-refractivity contribution in [2.45, 2.75) is 185 Å². The first-order chi connectivity index (χ1) is 25.4. The third kappa shape index (κ3) is 26.4. The number of rotatable bonds is 4. The van der Waals surface area contributed by atoms with E-state index < -0.39 is 27.1 Å². The summed E-state index contributed by atoms with van der Waals surface area (Å²) in [4.78, 5) is 42.3. The molecule has 21 heteroatoms. The Kier molecular flexibility index (Phi) is 22.9. The minimum Gasteiger partial charge on any atom is -0.344 e. The fraction of sp³-hybridized carbons (Fsp3) is 0.838. The molecule has 0 aliphatic carbocycles. The summed E-state index contributed by atoms with van der Waals surface area (Å²) in [5.41, 5.74) is -0.374. The summed E-state index contributed by atoms with van der Waals surface area (Å²) in [6.07, 6.45) is 1.24. The van der Waals surface area contributed by atoms with Crippen molar-refractivity contribution >= 4 is 34.6 Å². The third-order valence-corrected chi connectivity index (χ3v) is 12.2. The van der Waals surface area contributed by atoms with Gasteiger partial charge in [-0.25, -0.2) is 13.1 Å². The molecule has 3 aromatic heterocycles. The van der Waals surface area contributed by atoms with Crippen LogP contribution in [0.1, 0.15) is 163 Å². The molecule has 0 amide bonds. The summed E-state index contributed by atoms with van der Waals surface area (Å²) in [6, 6.07) is 0. The van der Waals surface area contributed by atoms with Crippen LogP contribution < -0.4 is 0 Å². The van der Waals surface area contributed by atoms with Gasteiger partial charge in [0, 0.05) is 39.7 Å². The normalized spacial score (nSPS) is 13.2. The van der Waals surface area contributed by atoms with Crippen molar-refractivity contribution in [2.75, 3.05) is 12.9 Å². The van der Waals surface area contributed by atoms with Gasteiger partial charge >= 0.3 is 0 Å². The van der Waals surface area contributed by atoms with E-state index >= 15 is 0 Å². The van der Waals surface area contributed by atoms with Crippen LogP contribution in [0.25, 0.3) is 0 Å². The van der Waals surface area contributed by atoms with Gasteiger partial charge in [-0.15, -0.1) is 25.5 Å². The number of H-pyrrole nitrogens is 1. The van der Waals surface area contributed by atoms with Crippen molar-refractivity contribution in [1.29, 1.82) is 0 Å². The molecule has 0 radical (unpaired) electrons. The Labute approximate surface area is 347 Å². The molecule has 0 aliphatic heterocycles. The Balaban J connectivity index is -0.000000638. The maximum Gasteiger partial charge on any atom is 0.202 e. The van der Waals surface area contributed by atoms with Crippen molar-refractivity contribution in [2.24, 2.45) is 5.41 Å². The highest BCUT2D eigenvalue weighted by molar-refractivity contribution is 7.92. The smallest absolute Gasteiger partial charge is 0.202 e. The molecule has 0 fully saturated rings. The number of carbonyl (C=O) groups is 3. The van der Waals surface area contributed by atoms with Gasteiger partial charge in [0.15, 0.2) is 38.9 Å². The van der Waals surface area contributed by atoms with Gasteiger partial charge in [0.05, 0.1) is 4.75 Å². The number of ketones is 3. The lowest BCUT2D eigenvalue weighted by Crippen LogP contribution is -2.26. The van der Waals surface area contributed by atoms with Crippen LogP contribution in [-0.2, 0) is 58.1 Å². The lowest BCUT2D eigenvalue weighted by Gasteiger charge is -2.21. The van der Waals surface area contributed by atoms with E-state index in [0.29, 0.717) is 5.82 Å². The molecule has 2 N–H and O–H groups in total. The summed E-state index contributed by atoms with van der Waals surface area (Å²) in [5, 5.41) is 36.0. The van der Waals surface area contributed by atoms with Crippen LogP contribution in [0, 0.1) is 5.41 Å². The topological polar surface area (TPSA) is 264 Å². The van der Waals surface area contributed by atoms with Crippen LogP contribution in [0.15, 0.2) is 0 Å². The minimum atomic E-state index is -2.85. The second kappa shape index (κ2) is 22.7. The number of hydrogen-bond donors (Lipinski definition) is 2. The van der Waals surface area contributed by atoms with Gasteiger partial charge in [-0.1, -0.05) is 109 Å². The van der Waals surface area contributed by atoms with Crippen LogP contribution in [0.5, 0.6) is 0 Å². The van der Waals surface area contributed by atoms with Crippen LogP contribution >= 0.6 is 7.37 Å². The number of aromatic amines is 1. The van der Waals surface area contributed by atoms with Gasteiger partial charge < -0.3 is 4.89 Å². The van der Waals surface area contributed by atoms with Gasteiger partial charge in [0.1, 0.15) is 18.9 Å². The summed E-state index contributed by atoms with van der Waals surface area (Å²) in [6.45, 7) is 40.7. The Morgan fingerprint density at radius 3 is 1.31 bits per heavy atom. The lowest BCUT2D eigenvalue weighted by atomic mass is 9.92. The molecule has 3 heterocycles. The molecule has 1 unspecified atom stereocenters. The summed E-state index contributed by atoms with van der Waals surface area (Å²) in [5.74, 6) is 2.47. The molecule has 336 valence electrons. The number of sulfone groups is 1. The maximum atomic E-state index is 10.9. The first-order valence-corrected chi connectivity index (χ1v) is 22.6. The highest BCUT2D eigenvalue weighted by Crippen LogP contribution is 2.49. The number of hydrogen-bond acceptors (Lipinski definition) is 15. The predicted octanol–water partition coefficient (Wildman–Crippen LogP) is 5.75. The average Bonchev–Trinajstić information content (AvgIpc) is 3.73. The van der Waals surface area contributed by atoms with Crippen LogP contribution in [0.3, 0.4) is 0 Å². The zero-order chi connectivity index (χ0) is 47.1. The number of aromatic nitrogens is 12. The van der Waals surface area contributed by atoms with Crippen LogP contribution in [0.2, 0.25) is 0 Å². The van der Waals surface area contributed by atoms with Crippen LogP contribution in [0.4, 0.5) is 0 Å². The molecular formula is C37H75N12O7PS. The van der Waals surface area contributed by atoms with E-state index in [2.05, 4.69) is 51.6 Å². The van der Waals surface area contributed by atoms with Gasteiger partial charge in [0.2, 0.25) is 7.37 Å². The third-order valence-electron chi connectivity index (χ3n) is 7.49. The minimum absolute atomic E-state index is 0.00694. The Morgan fingerprint density at radius 2 is 1.09 bits per heavy atom. The molecule has 0 aromatic carbocycles. The highest BCUT2D eigenvalue weighted by atomic mass is 32.2. The molecule has 1 atom stereocenters. The van der Waals surface area contributed by atoms with Crippen molar-refractivity contribution < 1.29 is 32.3 Å². The fourth-order valence-corrected chi connectivity index (χ4v) is 2.35. The van der Waals surface area contributed by atoms with Crippen molar-refractivity contribution in [1.82, 2.24) is 61.0 Å². The van der Waals surface area contributed by atoms with E-state index in [1.54, 1.807) is 53.1 Å². The Bertz CT molecular complexity index is 1840. The number of carbonyl (C=O) groups excluding carboxylic acids is 3. The van der Waals surface area contributed by atoms with Crippen LogP contribution in [-0.4, -0.2) is 115 Å². The van der Waals surface area contributed by atoms with E-state index in [1.165, 1.54) is 31.6 Å². The molecule has 3 rings (SSSR count). The fourth-order valence-electron chi connectivity index (χ4n) is 2.35. The molecule has 0 saturated heterocycles. The van der Waals surface area contributed by atoms with E-state index in [9.17, 15) is 27.4 Å². The number of tetrazole rings is 3. The van der Waals surface area contributed by atoms with E-state index in [0.717, 1.165) is 11.6 Å². The summed E-state index contributed by atoms with van der Waals surface area (Å²) < 4.78 is 33.1. The van der Waals surface area contributed by atoms with E-state index in [4.69, 9.17) is 4.89 Å². The quantitative estimate of drug-likeness (QED) is 0.296. The monoisotopic (exact) mass is 863 g/mol. The molecule has 0 aliphatic rings. The summed E-state index contributed by atoms with van der Waals surface area (Å²) >= 11 is 0. The average molecular weight is 863 g/mol. The number of nitrogens with one attached hydrogen (secondary N) is 1. The molecule has 0 bridgehead atoms. The van der Waals surface area contributed by atoms with Gasteiger partial charge in [-0.3, -0.25) is 18.9 Å². The highest BCUT2D eigenvalue weighted by Gasteiger charge is 2.28. The van der Waals surface area contributed by atoms with E-state index in [-0.39, 0.29) is 52.1 Å². The van der Waals surface area contributed by atoms with Gasteiger partial charge in [-0.05, 0) is 57.2 Å². The zero-order valence-electron chi connectivity index (χ0n) is 39.6. The SMILES string of the molecule is CC(=O)C(C)(C)C.CC(=O)Cn1nnc(C(C)(C)C)n1.CC(=O)Cn1nnnc1C(C)(C)C.CC(C)(C)P(C)(=O)O.CC(C)(C)S(C)(=O)=O.CC(C)(C)c1nn[nH]n1. The lowest BCUT2D eigenvalue weighted by molar-refractivity contribution is -0.124. The Hall–Kier alpha value is -3.64. The second-order valence-corrected chi connectivity index (χ2v) is 25.8. The predicted molar refractivity (Wildman–Crippen MR) is 228 cm³/mol. The molecule has 0 saturated carbocycles.